The van der Waals surface area contributed by atoms with E-state index >= 15 is 0 Å². The molecule has 0 radical (unpaired) electrons. The first kappa shape index (κ1) is 13.8. The Labute approximate surface area is 152 Å². The van der Waals surface area contributed by atoms with Crippen LogP contribution in [0.5, 0.6) is 0 Å². The summed E-state index contributed by atoms with van der Waals surface area (Å²) in [5.41, 5.74) is -0.149. The highest BCUT2D eigenvalue weighted by molar-refractivity contribution is 14.1. The highest BCUT2D eigenvalue weighted by Crippen LogP contribution is 3.16. The molecule has 21 heavy (non-hydrogen) atoms. The Balaban J connectivity index is 1.57. The Kier molecular flexibility index (Phi) is 2.08. The monoisotopic (exact) mass is 508 g/mol. The van der Waals surface area contributed by atoms with Crippen molar-refractivity contribution in [2.75, 3.05) is 0 Å². The van der Waals surface area contributed by atoms with Gasteiger partial charge in [-0.25, -0.2) is 0 Å². The molecule has 6 aliphatic rings. The van der Waals surface area contributed by atoms with Crippen LogP contribution in [0, 0.1) is 45.8 Å². The zero-order chi connectivity index (χ0) is 15.3. The van der Waals surface area contributed by atoms with Gasteiger partial charge in [0.1, 0.15) is 0 Å². The summed E-state index contributed by atoms with van der Waals surface area (Å²) in [5.74, 6) is 2.42. The minimum atomic E-state index is -0.131. The lowest BCUT2D eigenvalue weighted by atomic mass is 8.92. The topological polar surface area (TPSA) is 44.1 Å². The van der Waals surface area contributed by atoms with Crippen LogP contribution in [0.25, 0.3) is 0 Å². The molecule has 1 amide bonds. The molecule has 6 aliphatic carbocycles. The summed E-state index contributed by atoms with van der Waals surface area (Å²) in [6.07, 6.45) is 0. The van der Waals surface area contributed by atoms with Crippen LogP contribution in [0.4, 0.5) is 0 Å². The van der Waals surface area contributed by atoms with E-state index in [4.69, 9.17) is 0 Å². The average Bonchev–Trinajstić information content (AvgIpc) is 2.35. The number of amides is 1. The van der Waals surface area contributed by atoms with Crippen molar-refractivity contribution >= 4 is 51.1 Å². The summed E-state index contributed by atoms with van der Waals surface area (Å²) in [6.45, 7) is 8.48. The molecule has 0 N–H and O–H groups in total. The van der Waals surface area contributed by atoms with Crippen molar-refractivity contribution < 1.29 is 4.79 Å². The van der Waals surface area contributed by atoms with E-state index in [0.29, 0.717) is 29.6 Å². The van der Waals surface area contributed by atoms with E-state index in [9.17, 15) is 10.1 Å². The highest BCUT2D eigenvalue weighted by atomic mass is 127. The van der Waals surface area contributed by atoms with Gasteiger partial charge in [0, 0.05) is 24.8 Å². The zero-order valence-electron chi connectivity index (χ0n) is 12.5. The molecule has 0 bridgehead atoms. The van der Waals surface area contributed by atoms with Crippen molar-refractivity contribution in [2.24, 2.45) is 34.5 Å². The van der Waals surface area contributed by atoms with E-state index in [0.717, 1.165) is 0 Å². The van der Waals surface area contributed by atoms with Gasteiger partial charge in [-0.05, 0) is 45.4 Å². The van der Waals surface area contributed by atoms with Crippen LogP contribution in [-0.4, -0.2) is 29.7 Å². The van der Waals surface area contributed by atoms with Crippen LogP contribution in [0.3, 0.4) is 0 Å². The molecule has 6 saturated carbocycles. The third kappa shape index (κ3) is 0.761. The fourth-order valence-corrected chi connectivity index (χ4v) is 14.5. The predicted molar refractivity (Wildman–Crippen MR) is 95.1 cm³/mol. The number of halogens is 2. The standard InChI is InChI=1S/C16H18I2N2O/c1-6(2)20(7(3)4)12(21)14-8-9-13(5-19)10(8)16(14,18)11(13)15(9,14)17/h6-11H,1-4H3/t8?,9-,10+,11?,13?,14?,15+,16-. The minimum absolute atomic E-state index is 0.0183. The number of nitrogens with zero attached hydrogens (tertiary/aromatic N) is 2. The summed E-state index contributed by atoms with van der Waals surface area (Å²) < 4.78 is 0.223. The van der Waals surface area contributed by atoms with Gasteiger partial charge in [-0.2, -0.15) is 5.26 Å². The molecule has 0 saturated heterocycles. The highest BCUT2D eigenvalue weighted by Gasteiger charge is 3.22. The van der Waals surface area contributed by atoms with Crippen molar-refractivity contribution in [2.45, 2.75) is 46.6 Å². The molecule has 6 fully saturated rings. The molecule has 0 spiro atoms. The summed E-state index contributed by atoms with van der Waals surface area (Å²) in [4.78, 5) is 15.5. The summed E-state index contributed by atoms with van der Waals surface area (Å²) >= 11 is 5.13. The van der Waals surface area contributed by atoms with Crippen LogP contribution in [0.1, 0.15) is 27.7 Å². The van der Waals surface area contributed by atoms with Gasteiger partial charge >= 0.3 is 0 Å². The lowest BCUT2D eigenvalue weighted by Crippen LogP contribution is -3.22. The van der Waals surface area contributed by atoms with Gasteiger partial charge in [-0.3, -0.25) is 4.79 Å². The number of carbonyl (C=O) groups excluding carboxylic acids is 1. The van der Waals surface area contributed by atoms with Gasteiger partial charge in [0.05, 0.1) is 16.9 Å². The number of rotatable bonds is 3. The van der Waals surface area contributed by atoms with E-state index in [1.807, 2.05) is 0 Å². The molecule has 8 atom stereocenters. The quantitative estimate of drug-likeness (QED) is 0.435. The Morgan fingerprint density at radius 3 is 1.95 bits per heavy atom. The molecule has 0 aromatic rings. The third-order valence-electron chi connectivity index (χ3n) is 7.56. The maximum Gasteiger partial charge on any atom is 0.232 e. The zero-order valence-corrected chi connectivity index (χ0v) is 16.8. The normalized spacial score (nSPS) is 62.6. The fourth-order valence-electron chi connectivity index (χ4n) is 7.53. The molecule has 5 heteroatoms. The fraction of sp³-hybridized carbons (Fsp3) is 0.875. The maximum absolute atomic E-state index is 13.4. The molecule has 0 aliphatic heterocycles. The third-order valence-corrected chi connectivity index (χ3v) is 11.8. The van der Waals surface area contributed by atoms with Crippen LogP contribution < -0.4 is 0 Å². The first-order valence-electron chi connectivity index (χ1n) is 7.83. The number of nitriles is 1. The van der Waals surface area contributed by atoms with Gasteiger partial charge in [-0.15, -0.1) is 0 Å². The first-order valence-corrected chi connectivity index (χ1v) is 9.99. The molecular formula is C16H18I2N2O. The second-order valence-corrected chi connectivity index (χ2v) is 11.8. The van der Waals surface area contributed by atoms with Crippen molar-refractivity contribution in [3.8, 4) is 6.07 Å². The van der Waals surface area contributed by atoms with E-state index in [1.54, 1.807) is 0 Å². The van der Waals surface area contributed by atoms with Gasteiger partial charge in [-0.1, -0.05) is 45.2 Å². The lowest BCUT2D eigenvalue weighted by molar-refractivity contribution is -0.574. The Hall–Kier alpha value is 0.420. The van der Waals surface area contributed by atoms with Crippen LogP contribution in [0.2, 0.25) is 0 Å². The molecule has 0 aromatic carbocycles. The molecule has 6 rings (SSSR count). The number of carbonyl (C=O) groups is 1. The molecule has 0 aromatic heterocycles. The molecule has 0 heterocycles. The van der Waals surface area contributed by atoms with Crippen LogP contribution in [0.15, 0.2) is 0 Å². The van der Waals surface area contributed by atoms with Gasteiger partial charge in [0.25, 0.3) is 0 Å². The van der Waals surface area contributed by atoms with Crippen molar-refractivity contribution in [1.29, 1.82) is 5.26 Å². The Morgan fingerprint density at radius 2 is 1.62 bits per heavy atom. The summed E-state index contributed by atoms with van der Waals surface area (Å²) in [6, 6.07) is 3.14. The van der Waals surface area contributed by atoms with Gasteiger partial charge < -0.3 is 4.90 Å². The largest absolute Gasteiger partial charge is 0.337 e. The summed E-state index contributed by atoms with van der Waals surface area (Å²) in [5, 5.41) is 9.60. The Morgan fingerprint density at radius 1 is 1.14 bits per heavy atom. The lowest BCUT2D eigenvalue weighted by Gasteiger charge is -3.14. The minimum Gasteiger partial charge on any atom is -0.337 e. The van der Waals surface area contributed by atoms with E-state index in [1.165, 1.54) is 0 Å². The van der Waals surface area contributed by atoms with E-state index < -0.39 is 0 Å². The second kappa shape index (κ2) is 3.15. The molecule has 4 unspecified atom stereocenters. The van der Waals surface area contributed by atoms with E-state index in [-0.39, 0.29) is 29.8 Å². The average molecular weight is 508 g/mol. The van der Waals surface area contributed by atoms with Crippen LogP contribution in [-0.2, 0) is 4.79 Å². The Bertz CT molecular complexity index is 634. The van der Waals surface area contributed by atoms with Gasteiger partial charge in [0.2, 0.25) is 5.91 Å². The smallest absolute Gasteiger partial charge is 0.232 e. The van der Waals surface area contributed by atoms with E-state index in [2.05, 4.69) is 83.8 Å². The van der Waals surface area contributed by atoms with Crippen molar-refractivity contribution in [3.05, 3.63) is 0 Å². The number of hydrogen-bond donors (Lipinski definition) is 0. The van der Waals surface area contributed by atoms with Crippen LogP contribution >= 0.6 is 45.2 Å². The summed E-state index contributed by atoms with van der Waals surface area (Å²) in [7, 11) is 0. The SMILES string of the molecule is CC(C)N(C(=O)C12C3[C@@H]4C5(C#N)C([C@@]41I)[C@]2(I)[C@@H]35)C(C)C. The first-order chi connectivity index (χ1) is 9.71. The van der Waals surface area contributed by atoms with Crippen molar-refractivity contribution in [3.63, 3.8) is 0 Å². The predicted octanol–water partition coefficient (Wildman–Crippen LogP) is 3.01. The van der Waals surface area contributed by atoms with Crippen molar-refractivity contribution in [1.82, 2.24) is 4.90 Å². The number of hydrogen-bond acceptors (Lipinski definition) is 2. The second-order valence-electron chi connectivity index (χ2n) is 8.20. The maximum atomic E-state index is 13.4. The number of alkyl halides is 2. The van der Waals surface area contributed by atoms with Gasteiger partial charge in [0.15, 0.2) is 0 Å². The molecule has 3 nitrogen and oxygen atoms in total. The molecular weight excluding hydrogens is 490 g/mol. The molecule has 112 valence electrons.